The van der Waals surface area contributed by atoms with Crippen LogP contribution in [0.4, 0.5) is 5.82 Å². The van der Waals surface area contributed by atoms with Crippen LogP contribution in [0.15, 0.2) is 24.3 Å². The average molecular weight is 505 g/mol. The predicted octanol–water partition coefficient (Wildman–Crippen LogP) is 2.83. The second-order valence-electron chi connectivity index (χ2n) is 10.3. The van der Waals surface area contributed by atoms with Gasteiger partial charge >= 0.3 is 0 Å². The number of benzene rings is 1. The molecule has 0 radical (unpaired) electrons. The molecule has 2 aliphatic heterocycles. The quantitative estimate of drug-likeness (QED) is 0.428. The van der Waals surface area contributed by atoms with Gasteiger partial charge in [0.25, 0.3) is 0 Å². The molecule has 0 bridgehead atoms. The Kier molecular flexibility index (Phi) is 6.56. The second-order valence-corrected chi connectivity index (χ2v) is 10.3. The van der Waals surface area contributed by atoms with Crippen LogP contribution in [0.25, 0.3) is 28.1 Å². The summed E-state index contributed by atoms with van der Waals surface area (Å²) in [4.78, 5) is 24.7. The Bertz CT molecular complexity index is 1400. The SMILES string of the molecule is CCC(O)C1CCN(Cc2nc3c(N4CCOCC4)nc(-n4c(C)nc5ccccc54)nc3n2C)CC1. The van der Waals surface area contributed by atoms with E-state index in [1.807, 2.05) is 29.7 Å². The Labute approximate surface area is 216 Å². The summed E-state index contributed by atoms with van der Waals surface area (Å²) in [7, 11) is 2.05. The zero-order valence-corrected chi connectivity index (χ0v) is 22.0. The zero-order chi connectivity index (χ0) is 25.5. The van der Waals surface area contributed by atoms with E-state index in [0.29, 0.717) is 25.1 Å². The lowest BCUT2D eigenvalue weighted by Crippen LogP contribution is -2.37. The first-order valence-electron chi connectivity index (χ1n) is 13.4. The first kappa shape index (κ1) is 24.3. The summed E-state index contributed by atoms with van der Waals surface area (Å²) in [5, 5.41) is 10.3. The van der Waals surface area contributed by atoms with Gasteiger partial charge in [0.05, 0.1) is 36.9 Å². The number of aliphatic hydroxyl groups excluding tert-OH is 1. The fourth-order valence-corrected chi connectivity index (χ4v) is 5.75. The van der Waals surface area contributed by atoms with Crippen LogP contribution in [0.1, 0.15) is 37.8 Å². The van der Waals surface area contributed by atoms with Crippen LogP contribution in [0.3, 0.4) is 0 Å². The predicted molar refractivity (Wildman–Crippen MR) is 143 cm³/mol. The summed E-state index contributed by atoms with van der Waals surface area (Å²) in [5.74, 6) is 3.71. The number of para-hydroxylation sites is 2. The number of imidazole rings is 2. The van der Waals surface area contributed by atoms with Crippen molar-refractivity contribution >= 4 is 28.0 Å². The number of hydrogen-bond acceptors (Lipinski definition) is 8. The maximum absolute atomic E-state index is 10.3. The van der Waals surface area contributed by atoms with Crippen LogP contribution in [-0.4, -0.2) is 84.6 Å². The lowest BCUT2D eigenvalue weighted by Gasteiger charge is -2.33. The number of hydrogen-bond donors (Lipinski definition) is 1. The molecule has 1 aromatic carbocycles. The van der Waals surface area contributed by atoms with Gasteiger partial charge in [0.1, 0.15) is 11.6 Å². The van der Waals surface area contributed by atoms with Crippen LogP contribution in [0.5, 0.6) is 0 Å². The number of piperidine rings is 1. The normalized spacial score (nSPS) is 18.8. The molecular formula is C27H36N8O2. The molecule has 2 fully saturated rings. The lowest BCUT2D eigenvalue weighted by molar-refractivity contribution is 0.0541. The molecule has 10 nitrogen and oxygen atoms in total. The molecule has 0 amide bonds. The van der Waals surface area contributed by atoms with Gasteiger partial charge < -0.3 is 19.3 Å². The van der Waals surface area contributed by atoms with Crippen molar-refractivity contribution in [3.8, 4) is 5.95 Å². The molecule has 2 aliphatic rings. The third-order valence-corrected chi connectivity index (χ3v) is 7.98. The molecule has 196 valence electrons. The summed E-state index contributed by atoms with van der Waals surface area (Å²) < 4.78 is 9.78. The Morgan fingerprint density at radius 1 is 1.03 bits per heavy atom. The van der Waals surface area contributed by atoms with Gasteiger partial charge in [-0.3, -0.25) is 9.47 Å². The maximum Gasteiger partial charge on any atom is 0.239 e. The van der Waals surface area contributed by atoms with E-state index in [2.05, 4.69) is 34.4 Å². The number of likely N-dealkylation sites (tertiary alicyclic amines) is 1. The highest BCUT2D eigenvalue weighted by atomic mass is 16.5. The van der Waals surface area contributed by atoms with Gasteiger partial charge in [0, 0.05) is 20.1 Å². The fraction of sp³-hybridized carbons (Fsp3) is 0.556. The number of ether oxygens (including phenoxy) is 1. The molecule has 10 heteroatoms. The summed E-state index contributed by atoms with van der Waals surface area (Å²) >= 11 is 0. The van der Waals surface area contributed by atoms with E-state index in [0.717, 1.165) is 91.7 Å². The minimum absolute atomic E-state index is 0.189. The number of aliphatic hydroxyl groups is 1. The van der Waals surface area contributed by atoms with Crippen molar-refractivity contribution in [1.82, 2.24) is 34.0 Å². The van der Waals surface area contributed by atoms with E-state index in [4.69, 9.17) is 24.7 Å². The number of aromatic nitrogens is 6. The Hall–Kier alpha value is -3.08. The summed E-state index contributed by atoms with van der Waals surface area (Å²) in [6.07, 6.45) is 2.68. The topological polar surface area (TPSA) is 97.4 Å². The highest BCUT2D eigenvalue weighted by molar-refractivity contribution is 5.86. The number of rotatable bonds is 6. The molecule has 1 atom stereocenters. The smallest absolute Gasteiger partial charge is 0.239 e. The van der Waals surface area contributed by atoms with Crippen molar-refractivity contribution in [1.29, 1.82) is 0 Å². The van der Waals surface area contributed by atoms with Crippen molar-refractivity contribution in [3.05, 3.63) is 35.9 Å². The second kappa shape index (κ2) is 10.00. The number of aryl methyl sites for hydroxylation is 2. The molecule has 2 saturated heterocycles. The molecule has 5 heterocycles. The third kappa shape index (κ3) is 4.47. The number of anilines is 1. The average Bonchev–Trinajstić information content (AvgIpc) is 3.44. The third-order valence-electron chi connectivity index (χ3n) is 7.98. The van der Waals surface area contributed by atoms with Crippen LogP contribution >= 0.6 is 0 Å². The van der Waals surface area contributed by atoms with E-state index in [-0.39, 0.29) is 6.10 Å². The van der Waals surface area contributed by atoms with Gasteiger partial charge in [-0.25, -0.2) is 9.97 Å². The van der Waals surface area contributed by atoms with Crippen molar-refractivity contribution in [3.63, 3.8) is 0 Å². The van der Waals surface area contributed by atoms with Crippen LogP contribution in [0.2, 0.25) is 0 Å². The summed E-state index contributed by atoms with van der Waals surface area (Å²) in [6.45, 7) is 9.65. The highest BCUT2D eigenvalue weighted by Gasteiger charge is 2.27. The number of morpholine rings is 1. The summed E-state index contributed by atoms with van der Waals surface area (Å²) in [5.41, 5.74) is 3.59. The van der Waals surface area contributed by atoms with E-state index >= 15 is 0 Å². The first-order chi connectivity index (χ1) is 18.0. The van der Waals surface area contributed by atoms with Crippen LogP contribution < -0.4 is 4.90 Å². The van der Waals surface area contributed by atoms with Crippen molar-refractivity contribution in [2.45, 2.75) is 45.8 Å². The molecule has 3 aromatic heterocycles. The van der Waals surface area contributed by atoms with Gasteiger partial charge in [-0.1, -0.05) is 19.1 Å². The minimum Gasteiger partial charge on any atom is -0.393 e. The van der Waals surface area contributed by atoms with E-state index in [1.165, 1.54) is 0 Å². The molecule has 37 heavy (non-hydrogen) atoms. The molecule has 0 saturated carbocycles. The van der Waals surface area contributed by atoms with Gasteiger partial charge in [-0.2, -0.15) is 9.97 Å². The molecule has 1 N–H and O–H groups in total. The van der Waals surface area contributed by atoms with Crippen molar-refractivity contribution < 1.29 is 9.84 Å². The van der Waals surface area contributed by atoms with E-state index in [9.17, 15) is 5.11 Å². The Balaban J connectivity index is 1.39. The standard InChI is InChI=1S/C27H36N8O2/c1-4-22(36)19-9-11-33(12-10-19)17-23-29-24-25(32(23)3)30-27(31-26(24)34-13-15-37-16-14-34)35-18(2)28-20-7-5-6-8-21(20)35/h5-8,19,22,36H,4,9-17H2,1-3H3. The highest BCUT2D eigenvalue weighted by Crippen LogP contribution is 2.29. The number of nitrogens with zero attached hydrogens (tertiary/aromatic N) is 8. The van der Waals surface area contributed by atoms with Crippen molar-refractivity contribution in [2.75, 3.05) is 44.3 Å². The molecule has 4 aromatic rings. The minimum atomic E-state index is -0.189. The van der Waals surface area contributed by atoms with Crippen LogP contribution in [0, 0.1) is 12.8 Å². The van der Waals surface area contributed by atoms with Crippen LogP contribution in [-0.2, 0) is 18.3 Å². The molecular weight excluding hydrogens is 468 g/mol. The number of fused-ring (bicyclic) bond motifs is 2. The molecule has 1 unspecified atom stereocenters. The van der Waals surface area contributed by atoms with Gasteiger partial charge in [0.2, 0.25) is 5.95 Å². The Morgan fingerprint density at radius 2 is 1.78 bits per heavy atom. The van der Waals surface area contributed by atoms with Crippen molar-refractivity contribution in [2.24, 2.45) is 13.0 Å². The first-order valence-corrected chi connectivity index (χ1v) is 13.4. The van der Waals surface area contributed by atoms with Gasteiger partial charge in [0.15, 0.2) is 17.0 Å². The fourth-order valence-electron chi connectivity index (χ4n) is 5.75. The maximum atomic E-state index is 10.3. The van der Waals surface area contributed by atoms with E-state index in [1.54, 1.807) is 0 Å². The van der Waals surface area contributed by atoms with Gasteiger partial charge in [-0.15, -0.1) is 0 Å². The lowest BCUT2D eigenvalue weighted by atomic mass is 9.90. The summed E-state index contributed by atoms with van der Waals surface area (Å²) in [6, 6.07) is 8.10. The molecule has 6 rings (SSSR count). The Morgan fingerprint density at radius 3 is 2.54 bits per heavy atom. The largest absolute Gasteiger partial charge is 0.393 e. The molecule has 0 spiro atoms. The monoisotopic (exact) mass is 504 g/mol. The molecule has 0 aliphatic carbocycles. The van der Waals surface area contributed by atoms with Gasteiger partial charge in [-0.05, 0) is 57.3 Å². The zero-order valence-electron chi connectivity index (χ0n) is 22.0. The van der Waals surface area contributed by atoms with E-state index < -0.39 is 0 Å².